The third-order valence-electron chi connectivity index (χ3n) is 7.37. The summed E-state index contributed by atoms with van der Waals surface area (Å²) in [5.74, 6) is -0.0716. The molecule has 2 aliphatic rings. The minimum atomic E-state index is -0.460. The molecule has 0 N–H and O–H groups in total. The summed E-state index contributed by atoms with van der Waals surface area (Å²) in [6.07, 6.45) is 2.48. The Balaban J connectivity index is 1.24. The number of amides is 3. The van der Waals surface area contributed by atoms with E-state index < -0.39 is 11.1 Å². The van der Waals surface area contributed by atoms with Crippen LogP contribution in [0.25, 0.3) is 16.8 Å². The van der Waals surface area contributed by atoms with Gasteiger partial charge in [-0.3, -0.25) is 19.3 Å². The molecule has 4 aromatic rings. The standard InChI is InChI=1S/C33H28N2O4S/c1-22-10-12-23(13-11-22)21-39-29-15-14-25-7-4-5-9-27(25)28(29)18-30-32(37)35(33(38)40-30)20-31(36)34-17-16-24-6-2-3-8-26(24)19-34/h2-15,18H,16-17,19-21H2,1H3/b30-18-. The fraction of sp³-hybridized carbons (Fsp3) is 0.182. The lowest BCUT2D eigenvalue weighted by Crippen LogP contribution is -2.44. The summed E-state index contributed by atoms with van der Waals surface area (Å²) in [6, 6.07) is 27.9. The van der Waals surface area contributed by atoms with Crippen LogP contribution in [0.1, 0.15) is 27.8 Å². The zero-order valence-corrected chi connectivity index (χ0v) is 22.9. The van der Waals surface area contributed by atoms with E-state index in [1.165, 1.54) is 11.1 Å². The Morgan fingerprint density at radius 1 is 0.925 bits per heavy atom. The predicted molar refractivity (Wildman–Crippen MR) is 158 cm³/mol. The summed E-state index contributed by atoms with van der Waals surface area (Å²) in [5.41, 5.74) is 5.27. The number of fused-ring (bicyclic) bond motifs is 2. The van der Waals surface area contributed by atoms with Crippen molar-refractivity contribution in [2.75, 3.05) is 13.1 Å². The van der Waals surface area contributed by atoms with Gasteiger partial charge in [0.25, 0.3) is 11.1 Å². The van der Waals surface area contributed by atoms with Crippen molar-refractivity contribution in [2.45, 2.75) is 26.5 Å². The summed E-state index contributed by atoms with van der Waals surface area (Å²) in [6.45, 7) is 3.20. The molecule has 1 fully saturated rings. The first-order valence-corrected chi connectivity index (χ1v) is 14.1. The number of hydrogen-bond donors (Lipinski definition) is 0. The molecule has 0 unspecified atom stereocenters. The molecule has 7 heteroatoms. The van der Waals surface area contributed by atoms with E-state index in [0.29, 0.717) is 25.4 Å². The van der Waals surface area contributed by atoms with Crippen molar-refractivity contribution in [3.63, 3.8) is 0 Å². The molecule has 2 aliphatic heterocycles. The van der Waals surface area contributed by atoms with Crippen molar-refractivity contribution >= 4 is 45.7 Å². The van der Waals surface area contributed by atoms with Gasteiger partial charge in [-0.15, -0.1) is 0 Å². The Hall–Kier alpha value is -4.36. The number of carbonyl (C=O) groups is 3. The maximum absolute atomic E-state index is 13.4. The zero-order valence-electron chi connectivity index (χ0n) is 22.1. The first-order valence-electron chi connectivity index (χ1n) is 13.3. The summed E-state index contributed by atoms with van der Waals surface area (Å²) in [4.78, 5) is 42.5. The molecule has 0 atom stereocenters. The molecule has 0 saturated carbocycles. The largest absolute Gasteiger partial charge is 0.488 e. The molecular formula is C33H28N2O4S. The molecule has 0 aromatic heterocycles. The lowest BCUT2D eigenvalue weighted by molar-refractivity contribution is -0.136. The number of nitrogens with zero attached hydrogens (tertiary/aromatic N) is 2. The van der Waals surface area contributed by atoms with E-state index in [1.807, 2.05) is 85.8 Å². The highest BCUT2D eigenvalue weighted by molar-refractivity contribution is 8.18. The van der Waals surface area contributed by atoms with Gasteiger partial charge in [0.2, 0.25) is 5.91 Å². The maximum atomic E-state index is 13.4. The molecule has 1 saturated heterocycles. The van der Waals surface area contributed by atoms with E-state index >= 15 is 0 Å². The third kappa shape index (κ3) is 5.25. The number of thioether (sulfide) groups is 1. The lowest BCUT2D eigenvalue weighted by Gasteiger charge is -2.29. The Bertz CT molecular complexity index is 1660. The van der Waals surface area contributed by atoms with Crippen molar-refractivity contribution in [1.82, 2.24) is 9.80 Å². The Labute approximate surface area is 237 Å². The number of hydrogen-bond acceptors (Lipinski definition) is 5. The van der Waals surface area contributed by atoms with E-state index in [9.17, 15) is 14.4 Å². The van der Waals surface area contributed by atoms with Crippen LogP contribution in [0.4, 0.5) is 4.79 Å². The molecule has 0 bridgehead atoms. The molecule has 2 heterocycles. The van der Waals surface area contributed by atoms with Crippen LogP contribution in [0.2, 0.25) is 0 Å². The molecule has 40 heavy (non-hydrogen) atoms. The smallest absolute Gasteiger partial charge is 0.294 e. The number of carbonyl (C=O) groups excluding carboxylic acids is 3. The quantitative estimate of drug-likeness (QED) is 0.263. The number of ether oxygens (including phenoxy) is 1. The second kappa shape index (κ2) is 11.0. The molecule has 3 amide bonds. The second-order valence-electron chi connectivity index (χ2n) is 10.1. The van der Waals surface area contributed by atoms with Crippen LogP contribution in [-0.4, -0.2) is 39.9 Å². The van der Waals surface area contributed by atoms with E-state index in [2.05, 4.69) is 6.07 Å². The predicted octanol–water partition coefficient (Wildman–Crippen LogP) is 6.35. The minimum absolute atomic E-state index is 0.231. The van der Waals surface area contributed by atoms with E-state index in [-0.39, 0.29) is 17.4 Å². The molecular weight excluding hydrogens is 520 g/mol. The van der Waals surface area contributed by atoms with Crippen LogP contribution in [0.15, 0.2) is 89.8 Å². The van der Waals surface area contributed by atoms with Crippen LogP contribution in [0.5, 0.6) is 5.75 Å². The van der Waals surface area contributed by atoms with Crippen LogP contribution >= 0.6 is 11.8 Å². The first kappa shape index (κ1) is 25.9. The summed E-state index contributed by atoms with van der Waals surface area (Å²) < 4.78 is 6.22. The normalized spacial score (nSPS) is 16.1. The monoisotopic (exact) mass is 548 g/mol. The van der Waals surface area contributed by atoms with Crippen LogP contribution < -0.4 is 4.74 Å². The fourth-order valence-corrected chi connectivity index (χ4v) is 5.93. The highest BCUT2D eigenvalue weighted by Gasteiger charge is 2.37. The lowest BCUT2D eigenvalue weighted by atomic mass is 10.00. The van der Waals surface area contributed by atoms with Gasteiger partial charge in [-0.1, -0.05) is 84.4 Å². The highest BCUT2D eigenvalue weighted by atomic mass is 32.2. The van der Waals surface area contributed by atoms with Gasteiger partial charge in [0, 0.05) is 18.7 Å². The molecule has 6 nitrogen and oxygen atoms in total. The average molecular weight is 549 g/mol. The van der Waals surface area contributed by atoms with Gasteiger partial charge in [-0.05, 0) is 64.7 Å². The van der Waals surface area contributed by atoms with Gasteiger partial charge in [-0.25, -0.2) is 0 Å². The maximum Gasteiger partial charge on any atom is 0.294 e. The van der Waals surface area contributed by atoms with Crippen molar-refractivity contribution in [3.8, 4) is 5.75 Å². The van der Waals surface area contributed by atoms with E-state index in [1.54, 1.807) is 11.0 Å². The Morgan fingerprint density at radius 2 is 1.68 bits per heavy atom. The molecule has 6 rings (SSSR count). The third-order valence-corrected chi connectivity index (χ3v) is 8.28. The molecule has 200 valence electrons. The van der Waals surface area contributed by atoms with Crippen molar-refractivity contribution in [1.29, 1.82) is 0 Å². The second-order valence-corrected chi connectivity index (χ2v) is 11.1. The van der Waals surface area contributed by atoms with Crippen LogP contribution in [0, 0.1) is 6.92 Å². The van der Waals surface area contributed by atoms with Crippen molar-refractivity contribution < 1.29 is 19.1 Å². The molecule has 0 aliphatic carbocycles. The number of rotatable bonds is 6. The summed E-state index contributed by atoms with van der Waals surface area (Å²) in [7, 11) is 0. The topological polar surface area (TPSA) is 66.9 Å². The summed E-state index contributed by atoms with van der Waals surface area (Å²) in [5, 5.41) is 1.47. The number of imide groups is 1. The fourth-order valence-electron chi connectivity index (χ4n) is 5.11. The highest BCUT2D eigenvalue weighted by Crippen LogP contribution is 2.37. The van der Waals surface area contributed by atoms with Crippen LogP contribution in [-0.2, 0) is 29.2 Å². The van der Waals surface area contributed by atoms with Gasteiger partial charge in [-0.2, -0.15) is 0 Å². The summed E-state index contributed by atoms with van der Waals surface area (Å²) >= 11 is 0.859. The number of benzene rings is 4. The van der Waals surface area contributed by atoms with Gasteiger partial charge in [0.1, 0.15) is 18.9 Å². The van der Waals surface area contributed by atoms with Crippen LogP contribution in [0.3, 0.4) is 0 Å². The van der Waals surface area contributed by atoms with E-state index in [0.717, 1.165) is 50.5 Å². The SMILES string of the molecule is Cc1ccc(COc2ccc3ccccc3c2/C=C2\SC(=O)N(CC(=O)N3CCc4ccccc4C3)C2=O)cc1. The first-order chi connectivity index (χ1) is 19.5. The van der Waals surface area contributed by atoms with Crippen molar-refractivity contribution in [3.05, 3.63) is 118 Å². The zero-order chi connectivity index (χ0) is 27.6. The Kier molecular flexibility index (Phi) is 7.13. The minimum Gasteiger partial charge on any atom is -0.488 e. The van der Waals surface area contributed by atoms with Crippen molar-refractivity contribution in [2.24, 2.45) is 0 Å². The van der Waals surface area contributed by atoms with Gasteiger partial charge in [0.15, 0.2) is 0 Å². The van der Waals surface area contributed by atoms with Gasteiger partial charge < -0.3 is 9.64 Å². The molecule has 0 spiro atoms. The molecule has 4 aromatic carbocycles. The number of aryl methyl sites for hydroxylation is 1. The van der Waals surface area contributed by atoms with E-state index in [4.69, 9.17) is 4.74 Å². The average Bonchev–Trinajstić information content (AvgIpc) is 3.24. The molecule has 0 radical (unpaired) electrons. The van der Waals surface area contributed by atoms with Gasteiger partial charge in [0.05, 0.1) is 4.91 Å². The van der Waals surface area contributed by atoms with Gasteiger partial charge >= 0.3 is 0 Å². The Morgan fingerprint density at radius 3 is 2.50 bits per heavy atom.